The topological polar surface area (TPSA) is 45.3 Å². The largest absolute Gasteiger partial charge is 0.361 e. The number of carbonyl (C=O) groups is 1. The molecular formula is C16H20N2O2. The molecule has 0 spiro atoms. The molecule has 1 unspecified atom stereocenters. The fourth-order valence-electron chi connectivity index (χ4n) is 2.73. The molecule has 4 heteroatoms. The Hall–Kier alpha value is -1.81. The first kappa shape index (κ1) is 13.2. The minimum Gasteiger partial charge on any atom is -0.361 e. The van der Waals surface area contributed by atoms with Crippen LogP contribution in [-0.4, -0.2) is 29.1 Å². The molecule has 1 atom stereocenters. The molecule has 1 fully saturated rings. The molecule has 2 aromatic rings. The Morgan fingerprint density at radius 3 is 3.05 bits per heavy atom. The van der Waals surface area contributed by atoms with Crippen molar-refractivity contribution in [2.24, 2.45) is 5.92 Å². The molecule has 1 amide bonds. The molecule has 0 aliphatic carbocycles. The van der Waals surface area contributed by atoms with Gasteiger partial charge in [-0.3, -0.25) is 9.63 Å². The van der Waals surface area contributed by atoms with E-state index in [1.165, 1.54) is 10.9 Å². The first-order valence-corrected chi connectivity index (χ1v) is 7.25. The van der Waals surface area contributed by atoms with Crippen LogP contribution in [-0.2, 0) is 16.1 Å². The first-order chi connectivity index (χ1) is 9.75. The van der Waals surface area contributed by atoms with E-state index in [4.69, 9.17) is 4.84 Å². The van der Waals surface area contributed by atoms with Crippen molar-refractivity contribution in [3.63, 3.8) is 0 Å². The van der Waals surface area contributed by atoms with Gasteiger partial charge in [0.15, 0.2) is 0 Å². The van der Waals surface area contributed by atoms with Crippen molar-refractivity contribution < 1.29 is 9.63 Å². The summed E-state index contributed by atoms with van der Waals surface area (Å²) in [6.45, 7) is 3.35. The summed E-state index contributed by atoms with van der Waals surface area (Å²) in [5.74, 6) is 0.0299. The SMILES string of the molecule is CC(Cc1c[nH]c2ccccc12)C(=O)N1CCCCO1. The van der Waals surface area contributed by atoms with Crippen LogP contribution >= 0.6 is 0 Å². The lowest BCUT2D eigenvalue weighted by molar-refractivity contribution is -0.200. The second kappa shape index (κ2) is 5.67. The molecule has 1 N–H and O–H groups in total. The van der Waals surface area contributed by atoms with Crippen LogP contribution in [0.3, 0.4) is 0 Å². The number of hydrogen-bond donors (Lipinski definition) is 1. The molecule has 1 aliphatic heterocycles. The average Bonchev–Trinajstić information content (AvgIpc) is 2.91. The number of hydroxylamine groups is 2. The van der Waals surface area contributed by atoms with Crippen molar-refractivity contribution in [1.29, 1.82) is 0 Å². The van der Waals surface area contributed by atoms with Crippen molar-refractivity contribution in [1.82, 2.24) is 10.0 Å². The number of aromatic nitrogens is 1. The normalized spacial score (nSPS) is 17.4. The number of benzene rings is 1. The number of carbonyl (C=O) groups excluding carboxylic acids is 1. The van der Waals surface area contributed by atoms with E-state index < -0.39 is 0 Å². The van der Waals surface area contributed by atoms with Gasteiger partial charge in [-0.15, -0.1) is 0 Å². The molecular weight excluding hydrogens is 252 g/mol. The predicted molar refractivity (Wildman–Crippen MR) is 78.1 cm³/mol. The second-order valence-electron chi connectivity index (χ2n) is 5.45. The van der Waals surface area contributed by atoms with E-state index in [2.05, 4.69) is 17.1 Å². The zero-order chi connectivity index (χ0) is 13.9. The summed E-state index contributed by atoms with van der Waals surface area (Å²) in [7, 11) is 0. The third kappa shape index (κ3) is 2.56. The zero-order valence-electron chi connectivity index (χ0n) is 11.8. The van der Waals surface area contributed by atoms with Crippen LogP contribution in [0.5, 0.6) is 0 Å². The van der Waals surface area contributed by atoms with E-state index >= 15 is 0 Å². The maximum Gasteiger partial charge on any atom is 0.249 e. The molecule has 1 aliphatic rings. The molecule has 0 saturated carbocycles. The van der Waals surface area contributed by atoms with Crippen LogP contribution in [0.4, 0.5) is 0 Å². The van der Waals surface area contributed by atoms with Gasteiger partial charge in [-0.1, -0.05) is 25.1 Å². The number of rotatable bonds is 3. The monoisotopic (exact) mass is 272 g/mol. The summed E-state index contributed by atoms with van der Waals surface area (Å²) >= 11 is 0. The predicted octanol–water partition coefficient (Wildman–Crippen LogP) is 2.90. The fraction of sp³-hybridized carbons (Fsp3) is 0.438. The Bertz CT molecular complexity index is 599. The van der Waals surface area contributed by atoms with E-state index in [0.29, 0.717) is 6.61 Å². The van der Waals surface area contributed by atoms with Gasteiger partial charge < -0.3 is 4.98 Å². The first-order valence-electron chi connectivity index (χ1n) is 7.25. The maximum atomic E-state index is 12.4. The van der Waals surface area contributed by atoms with Crippen molar-refractivity contribution in [3.05, 3.63) is 36.0 Å². The van der Waals surface area contributed by atoms with Crippen molar-refractivity contribution in [2.75, 3.05) is 13.2 Å². The molecule has 1 saturated heterocycles. The second-order valence-corrected chi connectivity index (χ2v) is 5.45. The summed E-state index contributed by atoms with van der Waals surface area (Å²) in [6, 6.07) is 8.19. The summed E-state index contributed by atoms with van der Waals surface area (Å²) in [6.07, 6.45) is 4.82. The average molecular weight is 272 g/mol. The molecule has 106 valence electrons. The van der Waals surface area contributed by atoms with Gasteiger partial charge in [0.25, 0.3) is 0 Å². The van der Waals surface area contributed by atoms with Gasteiger partial charge in [-0.25, -0.2) is 5.06 Å². The minimum absolute atomic E-state index is 0.0627. The zero-order valence-corrected chi connectivity index (χ0v) is 11.8. The Morgan fingerprint density at radius 2 is 2.25 bits per heavy atom. The maximum absolute atomic E-state index is 12.4. The fourth-order valence-corrected chi connectivity index (χ4v) is 2.73. The highest BCUT2D eigenvalue weighted by Gasteiger charge is 2.24. The molecule has 1 aromatic carbocycles. The van der Waals surface area contributed by atoms with Crippen LogP contribution < -0.4 is 0 Å². The third-order valence-corrected chi connectivity index (χ3v) is 3.87. The van der Waals surface area contributed by atoms with Crippen molar-refractivity contribution in [3.8, 4) is 0 Å². The van der Waals surface area contributed by atoms with Crippen LogP contribution in [0.1, 0.15) is 25.3 Å². The molecule has 20 heavy (non-hydrogen) atoms. The molecule has 0 radical (unpaired) electrons. The number of para-hydroxylation sites is 1. The Kier molecular flexibility index (Phi) is 3.74. The van der Waals surface area contributed by atoms with Gasteiger partial charge in [0.1, 0.15) is 0 Å². The van der Waals surface area contributed by atoms with E-state index in [9.17, 15) is 4.79 Å². The van der Waals surface area contributed by atoms with Gasteiger partial charge in [-0.2, -0.15) is 0 Å². The molecule has 1 aromatic heterocycles. The minimum atomic E-state index is -0.0627. The number of amides is 1. The standard InChI is InChI=1S/C16H20N2O2/c1-12(16(19)18-8-4-5-9-20-18)10-13-11-17-15-7-3-2-6-14(13)15/h2-3,6-7,11-12,17H,4-5,8-10H2,1H3. The van der Waals surface area contributed by atoms with Crippen LogP contribution in [0.25, 0.3) is 10.9 Å². The third-order valence-electron chi connectivity index (χ3n) is 3.87. The number of nitrogens with one attached hydrogen (secondary N) is 1. The number of fused-ring (bicyclic) bond motifs is 1. The Morgan fingerprint density at radius 1 is 1.40 bits per heavy atom. The smallest absolute Gasteiger partial charge is 0.249 e. The van der Waals surface area contributed by atoms with E-state index in [1.807, 2.05) is 25.3 Å². The summed E-state index contributed by atoms with van der Waals surface area (Å²) in [5.41, 5.74) is 2.31. The Labute approximate surface area is 118 Å². The summed E-state index contributed by atoms with van der Waals surface area (Å²) in [4.78, 5) is 21.1. The molecule has 2 heterocycles. The van der Waals surface area contributed by atoms with Gasteiger partial charge in [0, 0.05) is 29.6 Å². The number of hydrogen-bond acceptors (Lipinski definition) is 2. The summed E-state index contributed by atoms with van der Waals surface area (Å²) in [5, 5.41) is 2.75. The van der Waals surface area contributed by atoms with Gasteiger partial charge >= 0.3 is 0 Å². The van der Waals surface area contributed by atoms with E-state index in [1.54, 1.807) is 5.06 Å². The quantitative estimate of drug-likeness (QED) is 0.933. The highest BCUT2D eigenvalue weighted by molar-refractivity contribution is 5.84. The van der Waals surface area contributed by atoms with Crippen molar-refractivity contribution in [2.45, 2.75) is 26.2 Å². The van der Waals surface area contributed by atoms with Crippen LogP contribution in [0, 0.1) is 5.92 Å². The summed E-state index contributed by atoms with van der Waals surface area (Å²) < 4.78 is 0. The van der Waals surface area contributed by atoms with Gasteiger partial charge in [-0.05, 0) is 30.9 Å². The number of H-pyrrole nitrogens is 1. The van der Waals surface area contributed by atoms with E-state index in [0.717, 1.165) is 31.3 Å². The van der Waals surface area contributed by atoms with E-state index in [-0.39, 0.29) is 11.8 Å². The Balaban J connectivity index is 1.71. The van der Waals surface area contributed by atoms with Crippen molar-refractivity contribution >= 4 is 16.8 Å². The lowest BCUT2D eigenvalue weighted by Crippen LogP contribution is -2.39. The number of aromatic amines is 1. The number of nitrogens with zero attached hydrogens (tertiary/aromatic N) is 1. The highest BCUT2D eigenvalue weighted by Crippen LogP contribution is 2.22. The van der Waals surface area contributed by atoms with Gasteiger partial charge in [0.05, 0.1) is 6.61 Å². The van der Waals surface area contributed by atoms with Crippen LogP contribution in [0.2, 0.25) is 0 Å². The molecule has 0 bridgehead atoms. The highest BCUT2D eigenvalue weighted by atomic mass is 16.7. The lowest BCUT2D eigenvalue weighted by Gasteiger charge is -2.28. The lowest BCUT2D eigenvalue weighted by atomic mass is 9.99. The molecule has 3 rings (SSSR count). The molecule has 4 nitrogen and oxygen atoms in total. The van der Waals surface area contributed by atoms with Gasteiger partial charge in [0.2, 0.25) is 5.91 Å². The van der Waals surface area contributed by atoms with Crippen LogP contribution in [0.15, 0.2) is 30.5 Å².